The third kappa shape index (κ3) is 4.17. The average Bonchev–Trinajstić information content (AvgIpc) is 3.42. The van der Waals surface area contributed by atoms with E-state index in [1.807, 2.05) is 47.0 Å². The number of hydrogen-bond donors (Lipinski definition) is 0. The minimum Gasteiger partial charge on any atom is -0.318 e. The van der Waals surface area contributed by atoms with Crippen LogP contribution in [0.15, 0.2) is 98.7 Å². The van der Waals surface area contributed by atoms with Crippen LogP contribution in [0.4, 0.5) is 0 Å². The Bertz CT molecular complexity index is 2010. The molecule has 0 spiro atoms. The van der Waals surface area contributed by atoms with Crippen molar-refractivity contribution in [3.05, 3.63) is 147 Å². The summed E-state index contributed by atoms with van der Waals surface area (Å²) >= 11 is 11.2. The molecule has 5 aromatic rings. The molecule has 1 unspecified atom stereocenters. The normalized spacial score (nSPS) is 16.4. The van der Waals surface area contributed by atoms with Crippen molar-refractivity contribution in [2.24, 2.45) is 4.99 Å². The van der Waals surface area contributed by atoms with Gasteiger partial charge in [-0.05, 0) is 97.5 Å². The quantitative estimate of drug-likeness (QED) is 0.210. The fraction of sp³-hybridized carbons (Fsp3) is 0.152. The zero-order valence-corrected chi connectivity index (χ0v) is 25.1. The number of rotatable bonds is 3. The first kappa shape index (κ1) is 25.5. The van der Waals surface area contributed by atoms with Crippen molar-refractivity contribution in [3.8, 4) is 5.69 Å². The van der Waals surface area contributed by atoms with E-state index in [-0.39, 0.29) is 11.6 Å². The van der Waals surface area contributed by atoms with E-state index in [9.17, 15) is 4.79 Å². The summed E-state index contributed by atoms with van der Waals surface area (Å²) in [4.78, 5) is 20.0. The van der Waals surface area contributed by atoms with E-state index < -0.39 is 0 Å². The Morgan fingerprint density at radius 1 is 1.00 bits per heavy atom. The van der Waals surface area contributed by atoms with Crippen LogP contribution in [0, 0.1) is 13.8 Å². The van der Waals surface area contributed by atoms with E-state index in [4.69, 9.17) is 16.6 Å². The number of aryl methyl sites for hydroxylation is 2. The molecule has 0 bridgehead atoms. The molecule has 0 fully saturated rings. The largest absolute Gasteiger partial charge is 0.318 e. The summed E-state index contributed by atoms with van der Waals surface area (Å²) in [6.45, 7) is 4.17. The van der Waals surface area contributed by atoms with Crippen LogP contribution in [-0.4, -0.2) is 9.13 Å². The highest BCUT2D eigenvalue weighted by Crippen LogP contribution is 2.41. The number of fused-ring (bicyclic) bond motifs is 3. The van der Waals surface area contributed by atoms with Gasteiger partial charge in [0.15, 0.2) is 4.80 Å². The molecule has 0 saturated heterocycles. The molecule has 2 aliphatic rings. The molecule has 198 valence electrons. The van der Waals surface area contributed by atoms with Crippen LogP contribution in [0.25, 0.3) is 17.5 Å². The van der Waals surface area contributed by atoms with Crippen LogP contribution in [0.3, 0.4) is 0 Å². The summed E-state index contributed by atoms with van der Waals surface area (Å²) in [5.41, 5.74) is 10.0. The van der Waals surface area contributed by atoms with Crippen molar-refractivity contribution in [2.75, 3.05) is 0 Å². The van der Waals surface area contributed by atoms with Crippen molar-refractivity contribution in [1.82, 2.24) is 9.13 Å². The van der Waals surface area contributed by atoms with Gasteiger partial charge in [-0.1, -0.05) is 75.3 Å². The maximum atomic E-state index is 14.1. The molecule has 1 aliphatic heterocycles. The van der Waals surface area contributed by atoms with Crippen molar-refractivity contribution >= 4 is 50.6 Å². The highest BCUT2D eigenvalue weighted by atomic mass is 79.9. The fourth-order valence-corrected chi connectivity index (χ4v) is 7.41. The zero-order valence-electron chi connectivity index (χ0n) is 22.0. The van der Waals surface area contributed by atoms with E-state index in [0.717, 1.165) is 56.0 Å². The second-order valence-electron chi connectivity index (χ2n) is 10.3. The highest BCUT2D eigenvalue weighted by Gasteiger charge is 2.32. The lowest BCUT2D eigenvalue weighted by Crippen LogP contribution is -2.38. The lowest BCUT2D eigenvalue weighted by molar-refractivity contribution is 0.585. The number of allylic oxidation sites excluding steroid dienone is 1. The molecule has 0 radical (unpaired) electrons. The monoisotopic (exact) mass is 625 g/mol. The number of nitrogens with zero attached hydrogens (tertiary/aromatic N) is 3. The van der Waals surface area contributed by atoms with Gasteiger partial charge in [-0.25, -0.2) is 4.99 Å². The molecule has 4 nitrogen and oxygen atoms in total. The van der Waals surface area contributed by atoms with E-state index >= 15 is 0 Å². The van der Waals surface area contributed by atoms with E-state index in [1.54, 1.807) is 0 Å². The van der Waals surface area contributed by atoms with Gasteiger partial charge in [0.2, 0.25) is 0 Å². The smallest absolute Gasteiger partial charge is 0.271 e. The second kappa shape index (κ2) is 9.88. The maximum absolute atomic E-state index is 14.1. The van der Waals surface area contributed by atoms with Crippen LogP contribution in [0.1, 0.15) is 46.1 Å². The predicted octanol–water partition coefficient (Wildman–Crippen LogP) is 7.14. The number of hydrogen-bond acceptors (Lipinski definition) is 3. The van der Waals surface area contributed by atoms with Crippen LogP contribution in [0.5, 0.6) is 0 Å². The van der Waals surface area contributed by atoms with E-state index in [2.05, 4.69) is 76.8 Å². The second-order valence-corrected chi connectivity index (χ2v) is 12.7. The van der Waals surface area contributed by atoms with Crippen molar-refractivity contribution in [2.45, 2.75) is 32.7 Å². The highest BCUT2D eigenvalue weighted by molar-refractivity contribution is 9.10. The molecular weight excluding hydrogens is 602 g/mol. The molecule has 0 N–H and O–H groups in total. The van der Waals surface area contributed by atoms with Crippen LogP contribution >= 0.6 is 38.9 Å². The summed E-state index contributed by atoms with van der Waals surface area (Å²) in [5, 5.41) is 0.707. The Kier molecular flexibility index (Phi) is 6.30. The first-order valence-corrected chi connectivity index (χ1v) is 15.2. The van der Waals surface area contributed by atoms with Gasteiger partial charge >= 0.3 is 0 Å². The molecule has 40 heavy (non-hydrogen) atoms. The van der Waals surface area contributed by atoms with E-state index in [0.29, 0.717) is 9.55 Å². The van der Waals surface area contributed by atoms with Crippen LogP contribution in [-0.2, 0) is 6.42 Å². The Labute approximate surface area is 249 Å². The molecule has 0 amide bonds. The van der Waals surface area contributed by atoms with Gasteiger partial charge in [-0.15, -0.1) is 0 Å². The molecule has 0 saturated carbocycles. The Hall–Kier alpha value is -3.45. The van der Waals surface area contributed by atoms with E-state index in [1.165, 1.54) is 28.0 Å². The van der Waals surface area contributed by atoms with Crippen molar-refractivity contribution in [1.29, 1.82) is 0 Å². The molecule has 3 heterocycles. The SMILES string of the molecule is Cc1cc(/C=c2/sc3n(c2=O)C(c2ccc(Br)cc2)C2=C(N=3)c3ccccc3CC2)c(C)n1-c1ccc(Cl)cc1. The first-order valence-electron chi connectivity index (χ1n) is 13.2. The Morgan fingerprint density at radius 2 is 1.75 bits per heavy atom. The van der Waals surface area contributed by atoms with Gasteiger partial charge in [0, 0.05) is 32.1 Å². The summed E-state index contributed by atoms with van der Waals surface area (Å²) in [5.74, 6) is 0. The molecule has 7 heteroatoms. The van der Waals surface area contributed by atoms with Gasteiger partial charge < -0.3 is 4.57 Å². The summed E-state index contributed by atoms with van der Waals surface area (Å²) in [6, 6.07) is 26.6. The summed E-state index contributed by atoms with van der Waals surface area (Å²) in [6.07, 6.45) is 3.84. The lowest BCUT2D eigenvalue weighted by atomic mass is 9.83. The number of thiazole rings is 1. The van der Waals surface area contributed by atoms with Gasteiger partial charge in [0.05, 0.1) is 16.3 Å². The summed E-state index contributed by atoms with van der Waals surface area (Å²) in [7, 11) is 0. The third-order valence-electron chi connectivity index (χ3n) is 7.90. The number of halogens is 2. The van der Waals surface area contributed by atoms with Crippen LogP contribution < -0.4 is 14.9 Å². The fourth-order valence-electron chi connectivity index (χ4n) is 6.03. The molecule has 1 aliphatic carbocycles. The molecule has 3 aromatic carbocycles. The minimum atomic E-state index is -0.184. The molecule has 1 atom stereocenters. The molecular formula is C33H25BrClN3OS. The average molecular weight is 627 g/mol. The first-order chi connectivity index (χ1) is 19.4. The van der Waals surface area contributed by atoms with Gasteiger partial charge in [-0.2, -0.15) is 0 Å². The van der Waals surface area contributed by atoms with Crippen molar-refractivity contribution < 1.29 is 0 Å². The van der Waals surface area contributed by atoms with Gasteiger partial charge in [-0.3, -0.25) is 9.36 Å². The molecule has 7 rings (SSSR count). The Morgan fingerprint density at radius 3 is 2.52 bits per heavy atom. The standard InChI is InChI=1S/C33H25BrClN3OS/c1-19-17-23(20(2)37(19)26-14-12-25(35)13-15-26)18-29-32(39)38-31(22-7-10-24(34)11-8-22)28-16-9-21-5-3-4-6-27(21)30(28)36-33(38)40-29/h3-8,10-15,17-18,31H,9,16H2,1-2H3/b29-18+. The van der Waals surface area contributed by atoms with Gasteiger partial charge in [0.1, 0.15) is 0 Å². The predicted molar refractivity (Wildman–Crippen MR) is 167 cm³/mol. The van der Waals surface area contributed by atoms with Gasteiger partial charge in [0.25, 0.3) is 5.56 Å². The summed E-state index contributed by atoms with van der Waals surface area (Å²) < 4.78 is 5.80. The molecule has 2 aromatic heterocycles. The maximum Gasteiger partial charge on any atom is 0.271 e. The lowest BCUT2D eigenvalue weighted by Gasteiger charge is -2.30. The third-order valence-corrected chi connectivity index (χ3v) is 9.66. The zero-order chi connectivity index (χ0) is 27.5. The topological polar surface area (TPSA) is 39.3 Å². The van der Waals surface area contributed by atoms with Crippen molar-refractivity contribution in [3.63, 3.8) is 0 Å². The van der Waals surface area contributed by atoms with Crippen LogP contribution in [0.2, 0.25) is 5.02 Å². The number of aromatic nitrogens is 2. The Balaban J connectivity index is 1.43. The number of benzene rings is 3. The minimum absolute atomic E-state index is 0.00151.